The fourth-order valence-corrected chi connectivity index (χ4v) is 7.84. The molecule has 0 bridgehead atoms. The van der Waals surface area contributed by atoms with Crippen LogP contribution in [-0.4, -0.2) is 42.1 Å². The van der Waals surface area contributed by atoms with Crippen molar-refractivity contribution in [3.8, 4) is 11.5 Å². The smallest absolute Gasteiger partial charge is 0.240 e. The first-order valence-electron chi connectivity index (χ1n) is 15.5. The molecule has 8 nitrogen and oxygen atoms in total. The van der Waals surface area contributed by atoms with Crippen molar-refractivity contribution < 1.29 is 26.3 Å². The van der Waals surface area contributed by atoms with Crippen molar-refractivity contribution in [2.24, 2.45) is 0 Å². The SMILES string of the molecule is Cc1ccc(S(=O)(=O)N[C@@H](COc2ccc3ccccc3c2)[C@H](COc2ccc3ccccc3c2)NS(=O)(=O)c2ccc(C)cc2)cc1. The highest BCUT2D eigenvalue weighted by Crippen LogP contribution is 2.24. The van der Waals surface area contributed by atoms with Gasteiger partial charge in [-0.05, 0) is 83.9 Å². The molecule has 0 aliphatic rings. The van der Waals surface area contributed by atoms with Gasteiger partial charge in [0.2, 0.25) is 20.0 Å². The predicted molar refractivity (Wildman–Crippen MR) is 189 cm³/mol. The van der Waals surface area contributed by atoms with E-state index in [9.17, 15) is 16.8 Å². The average Bonchev–Trinajstić information content (AvgIpc) is 3.08. The number of benzene rings is 6. The molecule has 246 valence electrons. The molecule has 0 aliphatic carbocycles. The van der Waals surface area contributed by atoms with Crippen molar-refractivity contribution in [3.05, 3.63) is 145 Å². The van der Waals surface area contributed by atoms with Crippen molar-refractivity contribution in [2.75, 3.05) is 13.2 Å². The Morgan fingerprint density at radius 1 is 0.479 bits per heavy atom. The monoisotopic (exact) mass is 680 g/mol. The highest BCUT2D eigenvalue weighted by atomic mass is 32.2. The predicted octanol–water partition coefficient (Wildman–Crippen LogP) is 6.76. The Labute approximate surface area is 281 Å². The van der Waals surface area contributed by atoms with Gasteiger partial charge >= 0.3 is 0 Å². The van der Waals surface area contributed by atoms with Gasteiger partial charge in [0.25, 0.3) is 0 Å². The summed E-state index contributed by atoms with van der Waals surface area (Å²) < 4.78 is 72.8. The number of hydrogen-bond donors (Lipinski definition) is 2. The van der Waals surface area contributed by atoms with Crippen molar-refractivity contribution >= 4 is 41.6 Å². The molecule has 10 heteroatoms. The summed E-state index contributed by atoms with van der Waals surface area (Å²) in [4.78, 5) is 0.0822. The van der Waals surface area contributed by atoms with Gasteiger partial charge in [0.1, 0.15) is 24.7 Å². The number of aryl methyl sites for hydroxylation is 2. The van der Waals surface area contributed by atoms with Crippen molar-refractivity contribution in [3.63, 3.8) is 0 Å². The molecule has 0 amide bonds. The third-order valence-electron chi connectivity index (χ3n) is 8.06. The second kappa shape index (κ2) is 14.2. The maximum Gasteiger partial charge on any atom is 0.240 e. The summed E-state index contributed by atoms with van der Waals surface area (Å²) in [6.45, 7) is 3.32. The molecule has 2 N–H and O–H groups in total. The topological polar surface area (TPSA) is 111 Å². The van der Waals surface area contributed by atoms with Crippen LogP contribution in [0.5, 0.6) is 11.5 Å². The number of hydrogen-bond acceptors (Lipinski definition) is 6. The summed E-state index contributed by atoms with van der Waals surface area (Å²) >= 11 is 0. The molecule has 6 aromatic rings. The number of rotatable bonds is 13. The van der Waals surface area contributed by atoms with Crippen LogP contribution in [0, 0.1) is 13.8 Å². The van der Waals surface area contributed by atoms with Gasteiger partial charge in [-0.3, -0.25) is 0 Å². The van der Waals surface area contributed by atoms with Crippen molar-refractivity contribution in [1.29, 1.82) is 0 Å². The molecule has 48 heavy (non-hydrogen) atoms. The zero-order valence-corrected chi connectivity index (χ0v) is 28.2. The average molecular weight is 681 g/mol. The number of nitrogens with one attached hydrogen (secondary N) is 2. The zero-order chi connectivity index (χ0) is 33.7. The van der Waals surface area contributed by atoms with Gasteiger partial charge in [0, 0.05) is 0 Å². The lowest BCUT2D eigenvalue weighted by atomic mass is 10.1. The van der Waals surface area contributed by atoms with Crippen LogP contribution in [0.25, 0.3) is 21.5 Å². The normalized spacial score (nSPS) is 13.3. The van der Waals surface area contributed by atoms with E-state index in [-0.39, 0.29) is 23.0 Å². The molecule has 6 rings (SSSR count). The summed E-state index contributed by atoms with van der Waals surface area (Å²) in [5, 5.41) is 3.94. The second-order valence-corrected chi connectivity index (χ2v) is 15.1. The summed E-state index contributed by atoms with van der Waals surface area (Å²) in [7, 11) is -8.24. The van der Waals surface area contributed by atoms with Crippen LogP contribution in [0.15, 0.2) is 143 Å². The molecule has 0 unspecified atom stereocenters. The number of ether oxygens (including phenoxy) is 2. The maximum absolute atomic E-state index is 13.8. The highest BCUT2D eigenvalue weighted by molar-refractivity contribution is 7.90. The first-order valence-corrected chi connectivity index (χ1v) is 18.4. The third-order valence-corrected chi connectivity index (χ3v) is 11.1. The largest absolute Gasteiger partial charge is 0.492 e. The van der Waals surface area contributed by atoms with Crippen molar-refractivity contribution in [2.45, 2.75) is 35.7 Å². The Kier molecular flexibility index (Phi) is 9.79. The molecule has 0 saturated heterocycles. The van der Waals surface area contributed by atoms with Crippen LogP contribution in [-0.2, 0) is 20.0 Å². The van der Waals surface area contributed by atoms with E-state index in [2.05, 4.69) is 9.44 Å². The molecular weight excluding hydrogens is 645 g/mol. The van der Waals surface area contributed by atoms with E-state index in [4.69, 9.17) is 9.47 Å². The van der Waals surface area contributed by atoms with E-state index in [0.717, 1.165) is 32.7 Å². The molecule has 0 saturated carbocycles. The maximum atomic E-state index is 13.8. The van der Waals surface area contributed by atoms with Gasteiger partial charge in [0.05, 0.1) is 21.9 Å². The minimum atomic E-state index is -4.12. The number of fused-ring (bicyclic) bond motifs is 2. The third kappa shape index (κ3) is 8.03. The van der Waals surface area contributed by atoms with E-state index in [1.54, 1.807) is 36.4 Å². The molecule has 0 aliphatic heterocycles. The first kappa shape index (κ1) is 33.2. The standard InChI is InChI=1S/C38H36N2O6S2/c1-27-11-19-35(20-12-27)47(41,42)39-37(25-45-33-17-15-29-7-3-5-9-31(29)23-33)38(40-48(43,44)36-21-13-28(2)14-22-36)26-46-34-18-16-30-8-4-6-10-32(30)24-34/h3-24,37-40H,25-26H2,1-2H3/t37-,38-/m0/s1. The fraction of sp³-hybridized carbons (Fsp3) is 0.158. The minimum absolute atomic E-state index is 0.0411. The lowest BCUT2D eigenvalue weighted by Gasteiger charge is -2.29. The Balaban J connectivity index is 1.35. The van der Waals surface area contributed by atoms with E-state index >= 15 is 0 Å². The Morgan fingerprint density at radius 3 is 1.21 bits per heavy atom. The fourth-order valence-electron chi connectivity index (χ4n) is 5.32. The van der Waals surface area contributed by atoms with E-state index < -0.39 is 32.1 Å². The zero-order valence-electron chi connectivity index (χ0n) is 26.5. The van der Waals surface area contributed by atoms with Gasteiger partial charge in [0.15, 0.2) is 0 Å². The van der Waals surface area contributed by atoms with Crippen LogP contribution < -0.4 is 18.9 Å². The lowest BCUT2D eigenvalue weighted by Crippen LogP contribution is -2.56. The lowest BCUT2D eigenvalue weighted by molar-refractivity contribution is 0.206. The molecule has 2 atom stereocenters. The Bertz CT molecular complexity index is 2090. The van der Waals surface area contributed by atoms with Gasteiger partial charge in [-0.25, -0.2) is 26.3 Å². The van der Waals surface area contributed by atoms with Crippen LogP contribution in [0.3, 0.4) is 0 Å². The van der Waals surface area contributed by atoms with E-state index in [1.165, 1.54) is 24.3 Å². The van der Waals surface area contributed by atoms with Gasteiger partial charge in [-0.2, -0.15) is 0 Å². The van der Waals surface area contributed by atoms with Crippen LogP contribution in [0.1, 0.15) is 11.1 Å². The van der Waals surface area contributed by atoms with E-state index in [1.807, 2.05) is 86.6 Å². The Morgan fingerprint density at radius 2 is 0.833 bits per heavy atom. The molecule has 0 spiro atoms. The summed E-state index contributed by atoms with van der Waals surface area (Å²) in [5.74, 6) is 1.01. The summed E-state index contributed by atoms with van der Waals surface area (Å²) in [6.07, 6.45) is 0. The second-order valence-electron chi connectivity index (χ2n) is 11.7. The first-order chi connectivity index (χ1) is 23.1. The quantitative estimate of drug-likeness (QED) is 0.140. The highest BCUT2D eigenvalue weighted by Gasteiger charge is 2.32. The van der Waals surface area contributed by atoms with Crippen LogP contribution in [0.2, 0.25) is 0 Å². The molecule has 0 fully saturated rings. The van der Waals surface area contributed by atoms with E-state index in [0.29, 0.717) is 11.5 Å². The van der Waals surface area contributed by atoms with Gasteiger partial charge in [-0.15, -0.1) is 0 Å². The summed E-state index contributed by atoms with van der Waals surface area (Å²) in [5.41, 5.74) is 1.80. The molecule has 6 aromatic carbocycles. The molecular formula is C38H36N2O6S2. The minimum Gasteiger partial charge on any atom is -0.492 e. The van der Waals surface area contributed by atoms with Gasteiger partial charge in [-0.1, -0.05) is 96.1 Å². The van der Waals surface area contributed by atoms with Crippen molar-refractivity contribution in [1.82, 2.24) is 9.44 Å². The Hall–Kier alpha value is -4.74. The molecule has 0 aromatic heterocycles. The van der Waals surface area contributed by atoms with Crippen LogP contribution >= 0.6 is 0 Å². The summed E-state index contributed by atoms with van der Waals surface area (Å²) in [6, 6.07) is 37.4. The number of sulfonamides is 2. The van der Waals surface area contributed by atoms with Crippen LogP contribution in [0.4, 0.5) is 0 Å². The van der Waals surface area contributed by atoms with Gasteiger partial charge < -0.3 is 9.47 Å². The molecule has 0 radical (unpaired) electrons. The molecule has 0 heterocycles.